The third-order valence-corrected chi connectivity index (χ3v) is 4.14. The SMILES string of the molecule is Cc1ccc2c(C(=O)N[C@H](C(=O)O)C(C)C)csc2c1. The number of nitrogens with one attached hydrogen (secondary N) is 1. The molecule has 0 saturated heterocycles. The number of carbonyl (C=O) groups excluding carboxylic acids is 1. The van der Waals surface area contributed by atoms with Gasteiger partial charge in [0, 0.05) is 15.5 Å². The number of carboxylic acids is 1. The highest BCUT2D eigenvalue weighted by Crippen LogP contribution is 2.27. The number of hydrogen-bond donors (Lipinski definition) is 2. The smallest absolute Gasteiger partial charge is 0.326 e. The monoisotopic (exact) mass is 291 g/mol. The van der Waals surface area contributed by atoms with E-state index >= 15 is 0 Å². The van der Waals surface area contributed by atoms with Crippen LogP contribution in [0.15, 0.2) is 23.6 Å². The highest BCUT2D eigenvalue weighted by atomic mass is 32.1. The average Bonchev–Trinajstić information content (AvgIpc) is 2.77. The van der Waals surface area contributed by atoms with Crippen LogP contribution in [0.2, 0.25) is 0 Å². The molecule has 0 fully saturated rings. The topological polar surface area (TPSA) is 66.4 Å². The summed E-state index contributed by atoms with van der Waals surface area (Å²) in [5.74, 6) is -1.51. The number of hydrogen-bond acceptors (Lipinski definition) is 3. The highest BCUT2D eigenvalue weighted by molar-refractivity contribution is 7.17. The fourth-order valence-electron chi connectivity index (χ4n) is 2.04. The molecule has 2 N–H and O–H groups in total. The number of fused-ring (bicyclic) bond motifs is 1. The number of rotatable bonds is 4. The molecule has 1 amide bonds. The second-order valence-corrected chi connectivity index (χ2v) is 6.09. The molecule has 0 bridgehead atoms. The lowest BCUT2D eigenvalue weighted by atomic mass is 10.0. The van der Waals surface area contributed by atoms with Crippen molar-refractivity contribution in [3.05, 3.63) is 34.7 Å². The van der Waals surface area contributed by atoms with E-state index in [9.17, 15) is 9.59 Å². The molecule has 0 spiro atoms. The van der Waals surface area contributed by atoms with Gasteiger partial charge in [0.15, 0.2) is 0 Å². The van der Waals surface area contributed by atoms with E-state index in [-0.39, 0.29) is 11.8 Å². The van der Waals surface area contributed by atoms with E-state index in [0.717, 1.165) is 15.6 Å². The predicted molar refractivity (Wildman–Crippen MR) is 80.3 cm³/mol. The minimum Gasteiger partial charge on any atom is -0.480 e. The normalized spacial score (nSPS) is 12.6. The van der Waals surface area contributed by atoms with Gasteiger partial charge in [0.25, 0.3) is 5.91 Å². The fraction of sp³-hybridized carbons (Fsp3) is 0.333. The Morgan fingerprint density at radius 1 is 1.30 bits per heavy atom. The van der Waals surface area contributed by atoms with Crippen molar-refractivity contribution in [3.8, 4) is 0 Å². The van der Waals surface area contributed by atoms with Crippen LogP contribution in [0.25, 0.3) is 10.1 Å². The number of benzene rings is 1. The van der Waals surface area contributed by atoms with E-state index in [1.807, 2.05) is 25.1 Å². The zero-order valence-electron chi connectivity index (χ0n) is 11.6. The van der Waals surface area contributed by atoms with Crippen LogP contribution in [-0.4, -0.2) is 23.0 Å². The minimum atomic E-state index is -1.01. The summed E-state index contributed by atoms with van der Waals surface area (Å²) < 4.78 is 1.03. The van der Waals surface area contributed by atoms with Crippen molar-refractivity contribution in [2.45, 2.75) is 26.8 Å². The van der Waals surface area contributed by atoms with Gasteiger partial charge >= 0.3 is 5.97 Å². The van der Waals surface area contributed by atoms with Gasteiger partial charge < -0.3 is 10.4 Å². The van der Waals surface area contributed by atoms with E-state index in [1.54, 1.807) is 19.2 Å². The van der Waals surface area contributed by atoms with E-state index in [0.29, 0.717) is 5.56 Å². The summed E-state index contributed by atoms with van der Waals surface area (Å²) in [5, 5.41) is 14.4. The Bertz CT molecular complexity index is 660. The fourth-order valence-corrected chi connectivity index (χ4v) is 3.08. The summed E-state index contributed by atoms with van der Waals surface area (Å²) in [5.41, 5.74) is 1.67. The highest BCUT2D eigenvalue weighted by Gasteiger charge is 2.25. The minimum absolute atomic E-state index is 0.163. The van der Waals surface area contributed by atoms with Crippen LogP contribution in [0.4, 0.5) is 0 Å². The average molecular weight is 291 g/mol. The van der Waals surface area contributed by atoms with Crippen molar-refractivity contribution >= 4 is 33.3 Å². The molecule has 5 heteroatoms. The molecular weight excluding hydrogens is 274 g/mol. The van der Waals surface area contributed by atoms with Gasteiger partial charge in [-0.2, -0.15) is 0 Å². The van der Waals surface area contributed by atoms with E-state index in [1.165, 1.54) is 11.3 Å². The number of carboxylic acid groups (broad SMARTS) is 1. The standard InChI is InChI=1S/C15H17NO3S/c1-8(2)13(15(18)19)16-14(17)11-7-20-12-6-9(3)4-5-10(11)12/h4-8,13H,1-3H3,(H,16,17)(H,18,19)/t13-/m0/s1. The van der Waals surface area contributed by atoms with Gasteiger partial charge in [0.1, 0.15) is 6.04 Å². The number of aliphatic carboxylic acids is 1. The Balaban J connectivity index is 2.30. The lowest BCUT2D eigenvalue weighted by Crippen LogP contribution is -2.44. The zero-order valence-corrected chi connectivity index (χ0v) is 12.5. The maximum absolute atomic E-state index is 12.3. The van der Waals surface area contributed by atoms with Crippen LogP contribution in [0.1, 0.15) is 29.8 Å². The Labute approximate surface area is 121 Å². The molecule has 2 rings (SSSR count). The number of aryl methyl sites for hydroxylation is 1. The van der Waals surface area contributed by atoms with Gasteiger partial charge in [-0.25, -0.2) is 4.79 Å². The molecule has 106 valence electrons. The second-order valence-electron chi connectivity index (χ2n) is 5.18. The molecule has 1 atom stereocenters. The van der Waals surface area contributed by atoms with Crippen LogP contribution in [0.3, 0.4) is 0 Å². The summed E-state index contributed by atoms with van der Waals surface area (Å²) in [6, 6.07) is 5.00. The lowest BCUT2D eigenvalue weighted by Gasteiger charge is -2.17. The van der Waals surface area contributed by atoms with Gasteiger partial charge in [-0.3, -0.25) is 4.79 Å². The first-order valence-corrected chi connectivity index (χ1v) is 7.29. The maximum Gasteiger partial charge on any atom is 0.326 e. The van der Waals surface area contributed by atoms with E-state index in [4.69, 9.17) is 5.11 Å². The van der Waals surface area contributed by atoms with Gasteiger partial charge in [0.2, 0.25) is 0 Å². The summed E-state index contributed by atoms with van der Waals surface area (Å²) in [6.45, 7) is 5.54. The van der Waals surface area contributed by atoms with Crippen LogP contribution < -0.4 is 5.32 Å². The van der Waals surface area contributed by atoms with Gasteiger partial charge in [-0.1, -0.05) is 26.0 Å². The Hall–Kier alpha value is -1.88. The molecule has 0 aliphatic rings. The molecule has 20 heavy (non-hydrogen) atoms. The van der Waals surface area contributed by atoms with Crippen molar-refractivity contribution < 1.29 is 14.7 Å². The molecular formula is C15H17NO3S. The lowest BCUT2D eigenvalue weighted by molar-refractivity contribution is -0.140. The Kier molecular flexibility index (Phi) is 4.09. The predicted octanol–water partition coefficient (Wildman–Crippen LogP) is 3.05. The Morgan fingerprint density at radius 3 is 2.60 bits per heavy atom. The zero-order chi connectivity index (χ0) is 14.9. The third-order valence-electron chi connectivity index (χ3n) is 3.19. The van der Waals surface area contributed by atoms with Crippen LogP contribution in [0.5, 0.6) is 0 Å². The van der Waals surface area contributed by atoms with Crippen LogP contribution in [-0.2, 0) is 4.79 Å². The largest absolute Gasteiger partial charge is 0.480 e. The van der Waals surface area contributed by atoms with Crippen molar-refractivity contribution in [2.24, 2.45) is 5.92 Å². The quantitative estimate of drug-likeness (QED) is 0.910. The van der Waals surface area contributed by atoms with Gasteiger partial charge in [0.05, 0.1) is 5.56 Å². The van der Waals surface area contributed by atoms with Crippen LogP contribution >= 0.6 is 11.3 Å². The molecule has 1 aromatic carbocycles. The van der Waals surface area contributed by atoms with Crippen LogP contribution in [0, 0.1) is 12.8 Å². The maximum atomic E-state index is 12.3. The number of thiophene rings is 1. The van der Waals surface area contributed by atoms with E-state index in [2.05, 4.69) is 5.32 Å². The first kappa shape index (κ1) is 14.5. The summed E-state index contributed by atoms with van der Waals surface area (Å²) >= 11 is 1.49. The van der Waals surface area contributed by atoms with Crippen molar-refractivity contribution in [2.75, 3.05) is 0 Å². The molecule has 4 nitrogen and oxygen atoms in total. The molecule has 0 aliphatic carbocycles. The molecule has 2 aromatic rings. The number of amides is 1. The first-order chi connectivity index (χ1) is 9.40. The molecule has 0 radical (unpaired) electrons. The molecule has 0 aliphatic heterocycles. The molecule has 1 heterocycles. The van der Waals surface area contributed by atoms with E-state index < -0.39 is 12.0 Å². The van der Waals surface area contributed by atoms with Crippen molar-refractivity contribution in [1.29, 1.82) is 0 Å². The summed E-state index contributed by atoms with van der Waals surface area (Å²) in [6.07, 6.45) is 0. The molecule has 0 saturated carbocycles. The second kappa shape index (κ2) is 5.63. The van der Waals surface area contributed by atoms with Gasteiger partial charge in [-0.15, -0.1) is 11.3 Å². The van der Waals surface area contributed by atoms with Crippen molar-refractivity contribution in [3.63, 3.8) is 0 Å². The third kappa shape index (κ3) is 2.82. The van der Waals surface area contributed by atoms with Gasteiger partial charge in [-0.05, 0) is 24.5 Å². The summed E-state index contributed by atoms with van der Waals surface area (Å²) in [4.78, 5) is 23.4. The number of carbonyl (C=O) groups is 2. The summed E-state index contributed by atoms with van der Waals surface area (Å²) in [7, 11) is 0. The molecule has 0 unspecified atom stereocenters. The first-order valence-electron chi connectivity index (χ1n) is 6.41. The van der Waals surface area contributed by atoms with Crippen molar-refractivity contribution in [1.82, 2.24) is 5.32 Å². The Morgan fingerprint density at radius 2 is 2.00 bits per heavy atom. The molecule has 1 aromatic heterocycles.